The van der Waals surface area contributed by atoms with Gasteiger partial charge in [0.1, 0.15) is 4.90 Å². The number of amides is 1. The zero-order chi connectivity index (χ0) is 22.2. The minimum Gasteiger partial charge on any atom is -0.322 e. The molecule has 31 heavy (non-hydrogen) atoms. The summed E-state index contributed by atoms with van der Waals surface area (Å²) in [6.45, 7) is 0.964. The number of rotatable bonds is 7. The summed E-state index contributed by atoms with van der Waals surface area (Å²) >= 11 is 6.06. The molecule has 0 bridgehead atoms. The molecule has 1 heterocycles. The van der Waals surface area contributed by atoms with Gasteiger partial charge < -0.3 is 5.32 Å². The quantitative estimate of drug-likeness (QED) is 0.628. The Hall–Kier alpha value is -1.98. The van der Waals surface area contributed by atoms with Gasteiger partial charge in [-0.3, -0.25) is 4.79 Å². The first-order valence-corrected chi connectivity index (χ1v) is 13.2. The maximum atomic E-state index is 12.8. The van der Waals surface area contributed by atoms with Crippen LogP contribution in [-0.2, 0) is 20.0 Å². The predicted molar refractivity (Wildman–Crippen MR) is 117 cm³/mol. The van der Waals surface area contributed by atoms with E-state index < -0.39 is 26.0 Å². The van der Waals surface area contributed by atoms with Crippen LogP contribution in [0.3, 0.4) is 0 Å². The SMILES string of the molecule is O=C(Nc1cccc(S(=O)(=O)N2CCCC2)c1)c1ccc(Cl)c(S(=O)(=O)NC2CC2)c1. The van der Waals surface area contributed by atoms with Crippen LogP contribution in [0.2, 0.25) is 5.02 Å². The molecule has 1 saturated heterocycles. The van der Waals surface area contributed by atoms with E-state index in [1.165, 1.54) is 34.6 Å². The van der Waals surface area contributed by atoms with E-state index in [2.05, 4.69) is 10.0 Å². The third-order valence-corrected chi connectivity index (χ3v) is 9.07. The number of sulfonamides is 2. The highest BCUT2D eigenvalue weighted by molar-refractivity contribution is 7.89. The first-order valence-electron chi connectivity index (χ1n) is 9.90. The van der Waals surface area contributed by atoms with Gasteiger partial charge in [0, 0.05) is 30.4 Å². The molecule has 1 amide bonds. The number of benzene rings is 2. The lowest BCUT2D eigenvalue weighted by Crippen LogP contribution is -2.28. The summed E-state index contributed by atoms with van der Waals surface area (Å²) in [5.74, 6) is -0.574. The summed E-state index contributed by atoms with van der Waals surface area (Å²) in [5, 5.41) is 2.65. The van der Waals surface area contributed by atoms with Crippen molar-refractivity contribution in [1.29, 1.82) is 0 Å². The number of nitrogens with one attached hydrogen (secondary N) is 2. The highest BCUT2D eigenvalue weighted by atomic mass is 35.5. The molecule has 1 aliphatic carbocycles. The van der Waals surface area contributed by atoms with E-state index >= 15 is 0 Å². The van der Waals surface area contributed by atoms with Gasteiger partial charge in [0.2, 0.25) is 20.0 Å². The molecule has 4 rings (SSSR count). The van der Waals surface area contributed by atoms with E-state index in [1.54, 1.807) is 12.1 Å². The normalized spacial score (nSPS) is 17.6. The smallest absolute Gasteiger partial charge is 0.255 e. The molecule has 0 aromatic heterocycles. The fourth-order valence-electron chi connectivity index (χ4n) is 3.35. The number of carbonyl (C=O) groups is 1. The molecule has 1 saturated carbocycles. The highest BCUT2D eigenvalue weighted by Crippen LogP contribution is 2.28. The summed E-state index contributed by atoms with van der Waals surface area (Å²) in [5.41, 5.74) is 0.383. The van der Waals surface area contributed by atoms with Gasteiger partial charge in [0.25, 0.3) is 5.91 Å². The molecule has 11 heteroatoms. The van der Waals surface area contributed by atoms with Crippen molar-refractivity contribution in [3.8, 4) is 0 Å². The zero-order valence-corrected chi connectivity index (χ0v) is 18.9. The summed E-state index contributed by atoms with van der Waals surface area (Å²) in [6.07, 6.45) is 3.20. The van der Waals surface area contributed by atoms with Gasteiger partial charge in [-0.2, -0.15) is 4.31 Å². The van der Waals surface area contributed by atoms with E-state index in [0.29, 0.717) is 18.8 Å². The van der Waals surface area contributed by atoms with Gasteiger partial charge in [-0.15, -0.1) is 0 Å². The third-order valence-electron chi connectivity index (χ3n) is 5.18. The maximum absolute atomic E-state index is 12.8. The average Bonchev–Trinajstić information content (AvgIpc) is 3.34. The average molecular weight is 484 g/mol. The van der Waals surface area contributed by atoms with Crippen LogP contribution in [0.1, 0.15) is 36.0 Å². The van der Waals surface area contributed by atoms with E-state index in [9.17, 15) is 21.6 Å². The molecular weight excluding hydrogens is 462 g/mol. The van der Waals surface area contributed by atoms with E-state index in [-0.39, 0.29) is 26.4 Å². The minimum atomic E-state index is -3.84. The van der Waals surface area contributed by atoms with Crippen molar-refractivity contribution in [1.82, 2.24) is 9.03 Å². The maximum Gasteiger partial charge on any atom is 0.255 e. The first-order chi connectivity index (χ1) is 14.7. The number of hydrogen-bond acceptors (Lipinski definition) is 5. The molecule has 0 unspecified atom stereocenters. The van der Waals surface area contributed by atoms with Crippen LogP contribution in [-0.4, -0.2) is 46.2 Å². The van der Waals surface area contributed by atoms with Crippen LogP contribution in [0.5, 0.6) is 0 Å². The van der Waals surface area contributed by atoms with Crippen LogP contribution in [0.4, 0.5) is 5.69 Å². The van der Waals surface area contributed by atoms with Crippen molar-refractivity contribution < 1.29 is 21.6 Å². The fraction of sp³-hybridized carbons (Fsp3) is 0.350. The minimum absolute atomic E-state index is 0.0170. The van der Waals surface area contributed by atoms with Gasteiger partial charge in [-0.1, -0.05) is 17.7 Å². The van der Waals surface area contributed by atoms with Crippen molar-refractivity contribution in [2.75, 3.05) is 18.4 Å². The van der Waals surface area contributed by atoms with Crippen molar-refractivity contribution in [3.63, 3.8) is 0 Å². The Balaban J connectivity index is 1.55. The third kappa shape index (κ3) is 4.93. The Labute approximate surface area is 186 Å². The number of halogens is 1. The van der Waals surface area contributed by atoms with Crippen molar-refractivity contribution >= 4 is 43.2 Å². The highest BCUT2D eigenvalue weighted by Gasteiger charge is 2.30. The van der Waals surface area contributed by atoms with Crippen molar-refractivity contribution in [2.24, 2.45) is 0 Å². The lowest BCUT2D eigenvalue weighted by Gasteiger charge is -2.16. The summed E-state index contributed by atoms with van der Waals surface area (Å²) in [7, 11) is -7.46. The second kappa shape index (κ2) is 8.51. The molecular formula is C20H22ClN3O5S2. The number of anilines is 1. The summed E-state index contributed by atoms with van der Waals surface area (Å²) in [6, 6.07) is 9.89. The van der Waals surface area contributed by atoms with Crippen LogP contribution < -0.4 is 10.0 Å². The monoisotopic (exact) mass is 483 g/mol. The lowest BCUT2D eigenvalue weighted by molar-refractivity contribution is 0.102. The van der Waals surface area contributed by atoms with Gasteiger partial charge >= 0.3 is 0 Å². The standard InChI is InChI=1S/C20H22ClN3O5S2/c21-18-9-6-14(12-19(18)30(26,27)23-15-7-8-15)20(25)22-16-4-3-5-17(13-16)31(28,29)24-10-1-2-11-24/h3-6,9,12-13,15,23H,1-2,7-8,10-11H2,(H,22,25). The fourth-order valence-corrected chi connectivity index (χ4v) is 6.74. The molecule has 2 aliphatic rings. The van der Waals surface area contributed by atoms with Gasteiger partial charge in [-0.25, -0.2) is 21.6 Å². The van der Waals surface area contributed by atoms with Crippen molar-refractivity contribution in [3.05, 3.63) is 53.1 Å². The van der Waals surface area contributed by atoms with Gasteiger partial charge in [0.15, 0.2) is 0 Å². The van der Waals surface area contributed by atoms with Crippen LogP contribution in [0.15, 0.2) is 52.3 Å². The van der Waals surface area contributed by atoms with Crippen LogP contribution in [0, 0.1) is 0 Å². The number of hydrogen-bond donors (Lipinski definition) is 2. The predicted octanol–water partition coefficient (Wildman–Crippen LogP) is 2.82. The second-order valence-corrected chi connectivity index (χ2v) is 11.7. The Morgan fingerprint density at radius 3 is 2.39 bits per heavy atom. The lowest BCUT2D eigenvalue weighted by atomic mass is 10.2. The topological polar surface area (TPSA) is 113 Å². The van der Waals surface area contributed by atoms with E-state index in [0.717, 1.165) is 25.7 Å². The van der Waals surface area contributed by atoms with Crippen LogP contribution in [0.25, 0.3) is 0 Å². The Bertz CT molecular complexity index is 1220. The van der Waals surface area contributed by atoms with E-state index in [1.807, 2.05) is 0 Å². The van der Waals surface area contributed by atoms with Gasteiger partial charge in [0.05, 0.1) is 9.92 Å². The number of carbonyl (C=O) groups excluding carboxylic acids is 1. The van der Waals surface area contributed by atoms with E-state index in [4.69, 9.17) is 11.6 Å². The summed E-state index contributed by atoms with van der Waals surface area (Å²) < 4.78 is 54.5. The largest absolute Gasteiger partial charge is 0.322 e. The number of nitrogens with zero attached hydrogens (tertiary/aromatic N) is 1. The Morgan fingerprint density at radius 2 is 1.71 bits per heavy atom. The molecule has 2 N–H and O–H groups in total. The summed E-state index contributed by atoms with van der Waals surface area (Å²) in [4.78, 5) is 12.7. The molecule has 0 spiro atoms. The molecule has 2 aromatic rings. The molecule has 166 valence electrons. The first kappa shape index (κ1) is 22.2. The molecule has 0 atom stereocenters. The van der Waals surface area contributed by atoms with Crippen molar-refractivity contribution in [2.45, 2.75) is 41.5 Å². The Kier molecular flexibility index (Phi) is 6.10. The Morgan fingerprint density at radius 1 is 1.00 bits per heavy atom. The van der Waals surface area contributed by atoms with Crippen LogP contribution >= 0.6 is 11.6 Å². The molecule has 0 radical (unpaired) electrons. The molecule has 2 fully saturated rings. The molecule has 1 aliphatic heterocycles. The second-order valence-electron chi connectivity index (χ2n) is 7.63. The zero-order valence-electron chi connectivity index (χ0n) is 16.5. The van der Waals surface area contributed by atoms with Gasteiger partial charge in [-0.05, 0) is 62.1 Å². The molecule has 2 aromatic carbocycles. The molecule has 8 nitrogen and oxygen atoms in total.